The van der Waals surface area contributed by atoms with E-state index in [2.05, 4.69) is 8.85 Å². The van der Waals surface area contributed by atoms with Gasteiger partial charge in [-0.2, -0.15) is 0 Å². The first kappa shape index (κ1) is 15.7. The molecule has 2 N–H and O–H groups in total. The highest BCUT2D eigenvalue weighted by Gasteiger charge is 2.25. The zero-order chi connectivity index (χ0) is 14.5. The van der Waals surface area contributed by atoms with Crippen molar-refractivity contribution >= 4 is 34.9 Å². The van der Waals surface area contributed by atoms with Crippen LogP contribution in [0.5, 0.6) is 0 Å². The van der Waals surface area contributed by atoms with Gasteiger partial charge in [-0.25, -0.2) is 4.79 Å². The van der Waals surface area contributed by atoms with Crippen molar-refractivity contribution in [1.82, 2.24) is 8.85 Å². The summed E-state index contributed by atoms with van der Waals surface area (Å²) in [6.45, 7) is 5.30. The number of hydrogen-bond acceptors (Lipinski definition) is 3. The van der Waals surface area contributed by atoms with Crippen LogP contribution in [-0.4, -0.2) is 17.6 Å². The molecule has 104 valence electrons. The summed E-state index contributed by atoms with van der Waals surface area (Å²) < 4.78 is 7.64. The molecule has 1 rings (SSSR count). The average Bonchev–Trinajstić information content (AvgIpc) is 2.34. The Labute approximate surface area is 126 Å². The lowest BCUT2D eigenvalue weighted by atomic mass is 10.1. The van der Waals surface area contributed by atoms with Crippen LogP contribution in [0.15, 0.2) is 30.3 Å². The molecule has 0 spiro atoms. The summed E-state index contributed by atoms with van der Waals surface area (Å²) in [4.78, 5) is 23.6. The standard InChI is InChI=1S/C13H17IN2O3/c1-13(2,3)19-12(18)15-10(11(17)16-14)9-7-5-4-6-8-9/h4-8,10H,1-3H3,(H,15,18)(H,16,17). The number of nitrogens with one attached hydrogen (secondary N) is 2. The molecular weight excluding hydrogens is 359 g/mol. The number of halogens is 1. The fourth-order valence-corrected chi connectivity index (χ4v) is 1.74. The summed E-state index contributed by atoms with van der Waals surface area (Å²) in [5, 5.41) is 2.56. The minimum absolute atomic E-state index is 0.308. The Morgan fingerprint density at radius 2 is 1.79 bits per heavy atom. The topological polar surface area (TPSA) is 67.4 Å². The molecule has 0 aliphatic rings. The Morgan fingerprint density at radius 1 is 1.21 bits per heavy atom. The van der Waals surface area contributed by atoms with Crippen LogP contribution in [0.4, 0.5) is 4.79 Å². The summed E-state index contributed by atoms with van der Waals surface area (Å²) in [6, 6.07) is 8.23. The smallest absolute Gasteiger partial charge is 0.408 e. The van der Waals surface area contributed by atoms with E-state index in [1.54, 1.807) is 67.9 Å². The Hall–Kier alpha value is -1.31. The molecule has 5 nitrogen and oxygen atoms in total. The molecular formula is C13H17IN2O3. The number of carbonyl (C=O) groups excluding carboxylic acids is 2. The molecule has 0 saturated heterocycles. The number of alkyl carbamates (subject to hydrolysis) is 1. The van der Waals surface area contributed by atoms with E-state index in [0.717, 1.165) is 0 Å². The first-order chi connectivity index (χ1) is 8.83. The Balaban J connectivity index is 2.83. The SMILES string of the molecule is CC(C)(C)OC(=O)NC(C(=O)NI)c1ccccc1. The van der Waals surface area contributed by atoms with Crippen LogP contribution in [0, 0.1) is 0 Å². The highest BCUT2D eigenvalue weighted by molar-refractivity contribution is 14.1. The van der Waals surface area contributed by atoms with E-state index in [1.807, 2.05) is 6.07 Å². The quantitative estimate of drug-likeness (QED) is 0.630. The lowest BCUT2D eigenvalue weighted by molar-refractivity contribution is -0.121. The van der Waals surface area contributed by atoms with E-state index in [0.29, 0.717) is 5.56 Å². The van der Waals surface area contributed by atoms with E-state index in [4.69, 9.17) is 4.74 Å². The van der Waals surface area contributed by atoms with Crippen LogP contribution in [0.3, 0.4) is 0 Å². The van der Waals surface area contributed by atoms with Gasteiger partial charge in [0, 0.05) is 0 Å². The van der Waals surface area contributed by atoms with Crippen LogP contribution in [0.2, 0.25) is 0 Å². The number of hydrogen-bond donors (Lipinski definition) is 2. The number of carbonyl (C=O) groups is 2. The van der Waals surface area contributed by atoms with Crippen molar-refractivity contribution in [2.24, 2.45) is 0 Å². The molecule has 0 bridgehead atoms. The van der Waals surface area contributed by atoms with Gasteiger partial charge in [0.15, 0.2) is 0 Å². The molecule has 1 aromatic rings. The zero-order valence-corrected chi connectivity index (χ0v) is 13.2. The second kappa shape index (κ2) is 6.74. The lowest BCUT2D eigenvalue weighted by Crippen LogP contribution is -2.40. The fraction of sp³-hybridized carbons (Fsp3) is 0.385. The Bertz CT molecular complexity index is 443. The van der Waals surface area contributed by atoms with Crippen LogP contribution in [-0.2, 0) is 9.53 Å². The molecule has 0 fully saturated rings. The van der Waals surface area contributed by atoms with Gasteiger partial charge in [-0.15, -0.1) is 0 Å². The molecule has 0 aliphatic carbocycles. The van der Waals surface area contributed by atoms with Crippen molar-refractivity contribution in [3.05, 3.63) is 35.9 Å². The summed E-state index contributed by atoms with van der Waals surface area (Å²) in [6.07, 6.45) is -0.624. The monoisotopic (exact) mass is 376 g/mol. The predicted molar refractivity (Wildman–Crippen MR) is 80.7 cm³/mol. The Kier molecular flexibility index (Phi) is 5.59. The van der Waals surface area contributed by atoms with Crippen LogP contribution < -0.4 is 8.85 Å². The van der Waals surface area contributed by atoms with Gasteiger partial charge >= 0.3 is 6.09 Å². The largest absolute Gasteiger partial charge is 0.444 e. The van der Waals surface area contributed by atoms with Crippen LogP contribution in [0.25, 0.3) is 0 Å². The molecule has 0 radical (unpaired) electrons. The van der Waals surface area contributed by atoms with Crippen molar-refractivity contribution in [3.63, 3.8) is 0 Å². The van der Waals surface area contributed by atoms with Gasteiger partial charge in [-0.05, 0) is 26.3 Å². The lowest BCUT2D eigenvalue weighted by Gasteiger charge is -2.23. The van der Waals surface area contributed by atoms with Gasteiger partial charge in [-0.3, -0.25) is 8.32 Å². The van der Waals surface area contributed by atoms with Gasteiger partial charge in [0.05, 0.1) is 22.9 Å². The fourth-order valence-electron chi connectivity index (χ4n) is 1.43. The number of rotatable bonds is 3. The third-order valence-corrected chi connectivity index (χ3v) is 2.68. The van der Waals surface area contributed by atoms with Crippen LogP contribution in [0.1, 0.15) is 32.4 Å². The van der Waals surface area contributed by atoms with Crippen molar-refractivity contribution in [3.8, 4) is 0 Å². The number of benzene rings is 1. The highest BCUT2D eigenvalue weighted by Crippen LogP contribution is 2.15. The second-order valence-electron chi connectivity index (χ2n) is 4.95. The normalized spacial score (nSPS) is 12.4. The van der Waals surface area contributed by atoms with Crippen molar-refractivity contribution < 1.29 is 14.3 Å². The maximum absolute atomic E-state index is 11.8. The molecule has 1 aromatic carbocycles. The van der Waals surface area contributed by atoms with Crippen LogP contribution >= 0.6 is 22.9 Å². The third kappa shape index (κ3) is 5.46. The Morgan fingerprint density at radius 3 is 2.26 bits per heavy atom. The van der Waals surface area contributed by atoms with Crippen molar-refractivity contribution in [2.45, 2.75) is 32.4 Å². The molecule has 1 atom stereocenters. The van der Waals surface area contributed by atoms with Gasteiger partial charge in [0.25, 0.3) is 5.91 Å². The van der Waals surface area contributed by atoms with E-state index in [-0.39, 0.29) is 5.91 Å². The molecule has 2 amide bonds. The molecule has 6 heteroatoms. The molecule has 1 unspecified atom stereocenters. The van der Waals surface area contributed by atoms with Crippen molar-refractivity contribution in [1.29, 1.82) is 0 Å². The minimum Gasteiger partial charge on any atom is -0.444 e. The van der Waals surface area contributed by atoms with E-state index >= 15 is 0 Å². The third-order valence-electron chi connectivity index (χ3n) is 2.15. The first-order valence-electron chi connectivity index (χ1n) is 5.78. The van der Waals surface area contributed by atoms with Crippen molar-refractivity contribution in [2.75, 3.05) is 0 Å². The summed E-state index contributed by atoms with van der Waals surface area (Å²) in [5.74, 6) is -0.308. The minimum atomic E-state index is -0.770. The van der Waals surface area contributed by atoms with Gasteiger partial charge < -0.3 is 10.1 Å². The average molecular weight is 376 g/mol. The van der Waals surface area contributed by atoms with E-state index in [1.165, 1.54) is 0 Å². The maximum Gasteiger partial charge on any atom is 0.408 e. The summed E-state index contributed by atoms with van der Waals surface area (Å²) >= 11 is 1.74. The molecule has 0 heterocycles. The zero-order valence-electron chi connectivity index (χ0n) is 11.1. The number of amides is 2. The van der Waals surface area contributed by atoms with E-state index < -0.39 is 17.7 Å². The highest BCUT2D eigenvalue weighted by atomic mass is 127. The summed E-state index contributed by atoms with van der Waals surface area (Å²) in [7, 11) is 0. The maximum atomic E-state index is 11.8. The van der Waals surface area contributed by atoms with Gasteiger partial charge in [-0.1, -0.05) is 30.3 Å². The predicted octanol–water partition coefficient (Wildman–Crippen LogP) is 2.72. The molecule has 0 saturated carbocycles. The molecule has 19 heavy (non-hydrogen) atoms. The first-order valence-corrected chi connectivity index (χ1v) is 6.86. The van der Waals surface area contributed by atoms with E-state index in [9.17, 15) is 9.59 Å². The van der Waals surface area contributed by atoms with Gasteiger partial charge in [0.1, 0.15) is 11.6 Å². The van der Waals surface area contributed by atoms with Gasteiger partial charge in [0.2, 0.25) is 0 Å². The summed E-state index contributed by atoms with van der Waals surface area (Å²) in [5.41, 5.74) is 0.0917. The number of ether oxygens (including phenoxy) is 1. The molecule has 0 aliphatic heterocycles. The molecule has 0 aromatic heterocycles. The second-order valence-corrected chi connectivity index (χ2v) is 5.49.